The van der Waals surface area contributed by atoms with Crippen LogP contribution in [0.15, 0.2) is 91.1 Å². The first-order valence-corrected chi connectivity index (χ1v) is 10.6. The highest BCUT2D eigenvalue weighted by atomic mass is 16.3. The topological polar surface area (TPSA) is 40.5 Å². The molecule has 2 nitrogen and oxygen atoms in total. The lowest BCUT2D eigenvalue weighted by Gasteiger charge is -2.01. The van der Waals surface area contributed by atoms with Gasteiger partial charge in [0, 0.05) is 6.07 Å². The number of phenolic OH excluding ortho intramolecular Hbond substituents is 2. The van der Waals surface area contributed by atoms with Gasteiger partial charge in [-0.2, -0.15) is 0 Å². The third kappa shape index (κ3) is 14.9. The fourth-order valence-corrected chi connectivity index (χ4v) is 2.69. The van der Waals surface area contributed by atoms with Crippen LogP contribution in [0, 0.1) is 0 Å². The first-order chi connectivity index (χ1) is 14.2. The van der Waals surface area contributed by atoms with Gasteiger partial charge < -0.3 is 10.2 Å². The molecule has 0 radical (unpaired) electrons. The van der Waals surface area contributed by atoms with Crippen LogP contribution in [0.1, 0.15) is 57.4 Å². The molecule has 0 spiro atoms. The van der Waals surface area contributed by atoms with E-state index >= 15 is 0 Å². The van der Waals surface area contributed by atoms with Crippen LogP contribution in [0.2, 0.25) is 0 Å². The Bertz CT molecular complexity index is 698. The summed E-state index contributed by atoms with van der Waals surface area (Å²) in [6.07, 6.45) is 34.0. The average Bonchev–Trinajstić information content (AvgIpc) is 2.69. The van der Waals surface area contributed by atoms with E-state index in [9.17, 15) is 10.2 Å². The predicted molar refractivity (Wildman–Crippen MR) is 126 cm³/mol. The number of rotatable bonds is 14. The molecule has 0 heterocycles. The van der Waals surface area contributed by atoms with Crippen LogP contribution in [0.5, 0.6) is 11.5 Å². The third-order valence-corrected chi connectivity index (χ3v) is 4.16. The second-order valence-corrected chi connectivity index (χ2v) is 6.81. The summed E-state index contributed by atoms with van der Waals surface area (Å²) in [6.45, 7) is 2.15. The van der Waals surface area contributed by atoms with Gasteiger partial charge in [-0.15, -0.1) is 0 Å². The van der Waals surface area contributed by atoms with E-state index in [1.54, 1.807) is 12.1 Å². The first-order valence-electron chi connectivity index (χ1n) is 10.6. The Morgan fingerprint density at radius 2 is 0.931 bits per heavy atom. The van der Waals surface area contributed by atoms with Crippen molar-refractivity contribution in [3.8, 4) is 11.5 Å². The van der Waals surface area contributed by atoms with Crippen LogP contribution in [0.4, 0.5) is 0 Å². The van der Waals surface area contributed by atoms with Crippen molar-refractivity contribution < 1.29 is 10.2 Å². The van der Waals surface area contributed by atoms with Gasteiger partial charge in [0.25, 0.3) is 0 Å². The number of benzene rings is 1. The van der Waals surface area contributed by atoms with Gasteiger partial charge in [0.2, 0.25) is 0 Å². The average molecular weight is 393 g/mol. The fraction of sp³-hybridized carbons (Fsp3) is 0.333. The lowest BCUT2D eigenvalue weighted by Crippen LogP contribution is -1.83. The van der Waals surface area contributed by atoms with E-state index in [0.29, 0.717) is 0 Å². The van der Waals surface area contributed by atoms with Gasteiger partial charge in [-0.05, 0) is 69.1 Å². The standard InChI is InChI=1S/C27H36O2/c1-2-3-4-5-6-7-8-9-10-11-12-13-14-15-16-17-18-19-20-21-25-22-26(28)24-27(29)23-25/h3-4,6-7,9-10,12-13,15-16,18-19,22-24,28-29H,2,5,8,11,14,17,20-21H2,1H3/b4-3-,7-6-,10-9-,13-12-,16-15-,19-18-. The van der Waals surface area contributed by atoms with Gasteiger partial charge in [0.1, 0.15) is 11.5 Å². The first kappa shape index (κ1) is 24.3. The molecule has 29 heavy (non-hydrogen) atoms. The highest BCUT2D eigenvalue weighted by Crippen LogP contribution is 2.21. The molecule has 0 bridgehead atoms. The van der Waals surface area contributed by atoms with Crippen LogP contribution in [0.25, 0.3) is 0 Å². The Morgan fingerprint density at radius 3 is 1.34 bits per heavy atom. The quantitative estimate of drug-likeness (QED) is 0.318. The van der Waals surface area contributed by atoms with Crippen LogP contribution in [0.3, 0.4) is 0 Å². The Labute approximate surface area is 177 Å². The summed E-state index contributed by atoms with van der Waals surface area (Å²) in [4.78, 5) is 0. The SMILES string of the molecule is CC/C=C\C/C=C\C/C=C\C/C=C\C/C=C\C/C=C\CCc1cc(O)cc(O)c1. The number of phenols is 2. The molecular weight excluding hydrogens is 356 g/mol. The van der Waals surface area contributed by atoms with Crippen molar-refractivity contribution in [1.82, 2.24) is 0 Å². The number of hydrogen-bond acceptors (Lipinski definition) is 2. The predicted octanol–water partition coefficient (Wildman–Crippen LogP) is 7.73. The van der Waals surface area contributed by atoms with Crippen molar-refractivity contribution in [3.05, 3.63) is 96.7 Å². The molecule has 156 valence electrons. The monoisotopic (exact) mass is 392 g/mol. The van der Waals surface area contributed by atoms with E-state index in [2.05, 4.69) is 79.8 Å². The molecule has 2 heteroatoms. The molecule has 1 aromatic carbocycles. The van der Waals surface area contributed by atoms with E-state index in [1.165, 1.54) is 6.07 Å². The molecule has 0 aromatic heterocycles. The van der Waals surface area contributed by atoms with Crippen molar-refractivity contribution in [3.63, 3.8) is 0 Å². The van der Waals surface area contributed by atoms with Crippen LogP contribution in [-0.2, 0) is 6.42 Å². The summed E-state index contributed by atoms with van der Waals surface area (Å²) in [7, 11) is 0. The Hall–Kier alpha value is -2.74. The molecule has 0 aliphatic rings. The summed E-state index contributed by atoms with van der Waals surface area (Å²) in [5, 5.41) is 18.9. The molecule has 0 aliphatic carbocycles. The lowest BCUT2D eigenvalue weighted by molar-refractivity contribution is 0.449. The smallest absolute Gasteiger partial charge is 0.119 e. The van der Waals surface area contributed by atoms with Gasteiger partial charge in [-0.1, -0.05) is 79.8 Å². The lowest BCUT2D eigenvalue weighted by atomic mass is 10.1. The maximum atomic E-state index is 9.45. The molecule has 0 fully saturated rings. The molecule has 1 rings (SSSR count). The summed E-state index contributed by atoms with van der Waals surface area (Å²) in [5.74, 6) is 0.227. The summed E-state index contributed by atoms with van der Waals surface area (Å²) in [5.41, 5.74) is 0.946. The third-order valence-electron chi connectivity index (χ3n) is 4.16. The van der Waals surface area contributed by atoms with Gasteiger partial charge in [-0.3, -0.25) is 0 Å². The summed E-state index contributed by atoms with van der Waals surface area (Å²) >= 11 is 0. The van der Waals surface area contributed by atoms with Crippen molar-refractivity contribution in [2.24, 2.45) is 0 Å². The Morgan fingerprint density at radius 1 is 0.552 bits per heavy atom. The maximum Gasteiger partial charge on any atom is 0.119 e. The number of aromatic hydroxyl groups is 2. The zero-order valence-corrected chi connectivity index (χ0v) is 17.7. The van der Waals surface area contributed by atoms with Crippen molar-refractivity contribution in [1.29, 1.82) is 0 Å². The van der Waals surface area contributed by atoms with Crippen molar-refractivity contribution in [2.75, 3.05) is 0 Å². The minimum Gasteiger partial charge on any atom is -0.508 e. The molecule has 0 saturated heterocycles. The molecular formula is C27H36O2. The summed E-state index contributed by atoms with van der Waals surface area (Å²) in [6, 6.07) is 4.73. The molecule has 2 N–H and O–H groups in total. The second-order valence-electron chi connectivity index (χ2n) is 6.81. The van der Waals surface area contributed by atoms with Crippen LogP contribution in [-0.4, -0.2) is 10.2 Å². The van der Waals surface area contributed by atoms with E-state index in [4.69, 9.17) is 0 Å². The van der Waals surface area contributed by atoms with E-state index in [-0.39, 0.29) is 11.5 Å². The zero-order valence-electron chi connectivity index (χ0n) is 17.7. The second kappa shape index (κ2) is 17.4. The molecule has 0 aliphatic heterocycles. The maximum absolute atomic E-state index is 9.45. The molecule has 0 saturated carbocycles. The molecule has 1 aromatic rings. The van der Waals surface area contributed by atoms with E-state index in [0.717, 1.165) is 56.9 Å². The summed E-state index contributed by atoms with van der Waals surface area (Å²) < 4.78 is 0. The van der Waals surface area contributed by atoms with E-state index < -0.39 is 0 Å². The minimum atomic E-state index is 0.114. The number of allylic oxidation sites excluding steroid dienone is 12. The van der Waals surface area contributed by atoms with Crippen LogP contribution < -0.4 is 0 Å². The highest BCUT2D eigenvalue weighted by molar-refractivity contribution is 5.36. The molecule has 0 atom stereocenters. The van der Waals surface area contributed by atoms with Crippen molar-refractivity contribution in [2.45, 2.75) is 58.3 Å². The Kier molecular flexibility index (Phi) is 14.5. The normalized spacial score (nSPS) is 12.9. The Balaban J connectivity index is 2.03. The molecule has 0 amide bonds. The highest BCUT2D eigenvalue weighted by Gasteiger charge is 1.97. The van der Waals surface area contributed by atoms with Gasteiger partial charge in [-0.25, -0.2) is 0 Å². The molecule has 0 unspecified atom stereocenters. The van der Waals surface area contributed by atoms with Gasteiger partial charge in [0.15, 0.2) is 0 Å². The largest absolute Gasteiger partial charge is 0.508 e. The van der Waals surface area contributed by atoms with E-state index in [1.807, 2.05) is 0 Å². The van der Waals surface area contributed by atoms with Gasteiger partial charge in [0.05, 0.1) is 0 Å². The van der Waals surface area contributed by atoms with Crippen LogP contribution >= 0.6 is 0 Å². The number of hydrogen-bond donors (Lipinski definition) is 2. The number of aryl methyl sites for hydroxylation is 1. The van der Waals surface area contributed by atoms with Crippen molar-refractivity contribution >= 4 is 0 Å². The zero-order chi connectivity index (χ0) is 21.0. The minimum absolute atomic E-state index is 0.114. The van der Waals surface area contributed by atoms with Gasteiger partial charge >= 0.3 is 0 Å². The fourth-order valence-electron chi connectivity index (χ4n) is 2.69.